The molecule has 18 heavy (non-hydrogen) atoms. The van der Waals surface area contributed by atoms with Crippen molar-refractivity contribution in [3.05, 3.63) is 46.1 Å². The minimum atomic E-state index is -0.388. The van der Waals surface area contributed by atoms with Crippen LogP contribution in [0.15, 0.2) is 30.5 Å². The van der Waals surface area contributed by atoms with Crippen molar-refractivity contribution in [2.24, 2.45) is 0 Å². The normalized spacial score (nSPS) is 12.6. The van der Waals surface area contributed by atoms with Gasteiger partial charge in [0.05, 0.1) is 4.92 Å². The third kappa shape index (κ3) is 2.31. The highest BCUT2D eigenvalue weighted by atomic mass is 16.6. The number of aromatic nitrogens is 1. The van der Waals surface area contributed by atoms with Gasteiger partial charge in [0, 0.05) is 23.7 Å². The van der Waals surface area contributed by atoms with Gasteiger partial charge in [-0.15, -0.1) is 0 Å². The molecule has 5 nitrogen and oxygen atoms in total. The lowest BCUT2D eigenvalue weighted by molar-refractivity contribution is -0.383. The smallest absolute Gasteiger partial charge is 0.295 e. The Labute approximate surface area is 105 Å². The lowest BCUT2D eigenvalue weighted by Crippen LogP contribution is -2.23. The summed E-state index contributed by atoms with van der Waals surface area (Å²) >= 11 is 0. The van der Waals surface area contributed by atoms with Gasteiger partial charge in [-0.25, -0.2) is 4.98 Å². The third-order valence-electron chi connectivity index (χ3n) is 3.06. The monoisotopic (exact) mass is 245 g/mol. The molecule has 1 aromatic heterocycles. The van der Waals surface area contributed by atoms with Crippen LogP contribution >= 0.6 is 0 Å². The molecule has 1 unspecified atom stereocenters. The lowest BCUT2D eigenvalue weighted by atomic mass is 10.0. The van der Waals surface area contributed by atoms with Gasteiger partial charge in [0.25, 0.3) is 5.69 Å². The van der Waals surface area contributed by atoms with Crippen LogP contribution in [0.4, 0.5) is 5.69 Å². The molecule has 1 N–H and O–H groups in total. The van der Waals surface area contributed by atoms with Gasteiger partial charge in [-0.2, -0.15) is 0 Å². The summed E-state index contributed by atoms with van der Waals surface area (Å²) in [5, 5.41) is 15.0. The average Bonchev–Trinajstić information content (AvgIpc) is 2.38. The third-order valence-corrected chi connectivity index (χ3v) is 3.06. The van der Waals surface area contributed by atoms with E-state index < -0.39 is 0 Å². The Morgan fingerprint density at radius 1 is 1.44 bits per heavy atom. The number of benzene rings is 1. The first-order valence-corrected chi connectivity index (χ1v) is 5.81. The highest BCUT2D eigenvalue weighted by Crippen LogP contribution is 2.26. The minimum absolute atomic E-state index is 0.0615. The largest absolute Gasteiger partial charge is 0.317 e. The van der Waals surface area contributed by atoms with Crippen molar-refractivity contribution in [3.63, 3.8) is 0 Å². The molecule has 0 aliphatic carbocycles. The first-order valence-electron chi connectivity index (χ1n) is 5.81. The van der Waals surface area contributed by atoms with Crippen LogP contribution in [-0.2, 0) is 6.42 Å². The van der Waals surface area contributed by atoms with E-state index in [-0.39, 0.29) is 10.6 Å². The number of rotatable bonds is 4. The molecule has 2 rings (SSSR count). The van der Waals surface area contributed by atoms with Crippen LogP contribution in [0, 0.1) is 10.1 Å². The predicted molar refractivity (Wildman–Crippen MR) is 70.6 cm³/mol. The number of hydrogen-bond acceptors (Lipinski definition) is 4. The van der Waals surface area contributed by atoms with Crippen molar-refractivity contribution in [2.45, 2.75) is 19.4 Å². The molecule has 2 aromatic rings. The van der Waals surface area contributed by atoms with Crippen molar-refractivity contribution in [1.82, 2.24) is 10.3 Å². The number of hydrogen-bond donors (Lipinski definition) is 1. The fraction of sp³-hybridized carbons (Fsp3) is 0.308. The second-order valence-electron chi connectivity index (χ2n) is 4.29. The number of para-hydroxylation sites is 1. The molecule has 1 heterocycles. The Balaban J connectivity index is 2.56. The highest BCUT2D eigenvalue weighted by Gasteiger charge is 2.14. The molecule has 1 atom stereocenters. The number of nitro groups is 1. The number of nitrogens with one attached hydrogen (secondary N) is 1. The van der Waals surface area contributed by atoms with Gasteiger partial charge in [0.1, 0.15) is 5.52 Å². The van der Waals surface area contributed by atoms with Crippen LogP contribution in [0.3, 0.4) is 0 Å². The summed E-state index contributed by atoms with van der Waals surface area (Å²) in [7, 11) is 1.90. The Morgan fingerprint density at radius 3 is 2.89 bits per heavy atom. The molecule has 0 saturated heterocycles. The van der Waals surface area contributed by atoms with Gasteiger partial charge in [0.15, 0.2) is 0 Å². The molecule has 94 valence electrons. The summed E-state index contributed by atoms with van der Waals surface area (Å²) in [6.45, 7) is 2.07. The van der Waals surface area contributed by atoms with Gasteiger partial charge in [-0.05, 0) is 32.0 Å². The van der Waals surface area contributed by atoms with Crippen LogP contribution in [0.1, 0.15) is 12.5 Å². The summed E-state index contributed by atoms with van der Waals surface area (Å²) in [6, 6.07) is 7.30. The van der Waals surface area contributed by atoms with Crippen molar-refractivity contribution in [3.8, 4) is 0 Å². The number of nitrogens with zero attached hydrogens (tertiary/aromatic N) is 2. The maximum absolute atomic E-state index is 11.0. The first kappa shape index (κ1) is 12.4. The molecule has 0 radical (unpaired) electrons. The maximum Gasteiger partial charge on any atom is 0.295 e. The second-order valence-corrected chi connectivity index (χ2v) is 4.29. The first-order chi connectivity index (χ1) is 8.63. The number of pyridine rings is 1. The van der Waals surface area contributed by atoms with Crippen LogP contribution in [0.5, 0.6) is 0 Å². The molecule has 0 spiro atoms. The van der Waals surface area contributed by atoms with Crippen LogP contribution < -0.4 is 5.32 Å². The summed E-state index contributed by atoms with van der Waals surface area (Å²) in [4.78, 5) is 14.7. The quantitative estimate of drug-likeness (QED) is 0.663. The second kappa shape index (κ2) is 5.10. The van der Waals surface area contributed by atoms with E-state index in [4.69, 9.17) is 0 Å². The fourth-order valence-corrected chi connectivity index (χ4v) is 1.97. The molecule has 5 heteroatoms. The van der Waals surface area contributed by atoms with Crippen LogP contribution in [0.2, 0.25) is 0 Å². The topological polar surface area (TPSA) is 68.1 Å². The average molecular weight is 245 g/mol. The van der Waals surface area contributed by atoms with Gasteiger partial charge in [0.2, 0.25) is 0 Å². The number of non-ortho nitro benzene ring substituents is 1. The van der Waals surface area contributed by atoms with E-state index in [2.05, 4.69) is 17.2 Å². The summed E-state index contributed by atoms with van der Waals surface area (Å²) in [5.41, 5.74) is 1.60. The van der Waals surface area contributed by atoms with E-state index in [1.165, 1.54) is 6.07 Å². The van der Waals surface area contributed by atoms with Crippen molar-refractivity contribution in [1.29, 1.82) is 0 Å². The summed E-state index contributed by atoms with van der Waals surface area (Å²) in [6.07, 6.45) is 2.45. The molecule has 0 aliphatic rings. The Morgan fingerprint density at radius 2 is 2.22 bits per heavy atom. The molecule has 0 aliphatic heterocycles. The molecular formula is C13H15N3O2. The summed E-state index contributed by atoms with van der Waals surface area (Å²) in [5.74, 6) is 0. The number of nitro benzene ring substituents is 1. The maximum atomic E-state index is 11.0. The number of likely N-dealkylation sites (N-methyl/N-ethyl adjacent to an activating group) is 1. The van der Waals surface area contributed by atoms with Gasteiger partial charge in [-0.3, -0.25) is 10.1 Å². The fourth-order valence-electron chi connectivity index (χ4n) is 1.97. The zero-order valence-electron chi connectivity index (χ0n) is 10.4. The van der Waals surface area contributed by atoms with E-state index in [0.717, 1.165) is 17.4 Å². The van der Waals surface area contributed by atoms with Crippen molar-refractivity contribution in [2.75, 3.05) is 7.05 Å². The van der Waals surface area contributed by atoms with Crippen LogP contribution in [-0.4, -0.2) is 23.0 Å². The molecule has 0 saturated carbocycles. The van der Waals surface area contributed by atoms with Crippen molar-refractivity contribution >= 4 is 16.6 Å². The van der Waals surface area contributed by atoms with E-state index in [0.29, 0.717) is 11.6 Å². The zero-order chi connectivity index (χ0) is 13.1. The molecule has 1 aromatic carbocycles. The predicted octanol–water partition coefficient (Wildman–Crippen LogP) is 2.29. The van der Waals surface area contributed by atoms with Crippen LogP contribution in [0.25, 0.3) is 10.9 Å². The number of fused-ring (bicyclic) bond motifs is 1. The standard InChI is InChI=1S/C13H15N3O2/c1-9(14-2)8-10-6-7-15-13-11(10)4-3-5-12(13)16(17)18/h3-7,9,14H,8H2,1-2H3. The molecular weight excluding hydrogens is 230 g/mol. The van der Waals surface area contributed by atoms with Crippen molar-refractivity contribution < 1.29 is 4.92 Å². The van der Waals surface area contributed by atoms with E-state index in [1.807, 2.05) is 19.2 Å². The van der Waals surface area contributed by atoms with E-state index in [9.17, 15) is 10.1 Å². The summed E-state index contributed by atoms with van der Waals surface area (Å²) < 4.78 is 0. The minimum Gasteiger partial charge on any atom is -0.317 e. The van der Waals surface area contributed by atoms with E-state index >= 15 is 0 Å². The Hall–Kier alpha value is -2.01. The van der Waals surface area contributed by atoms with Gasteiger partial charge >= 0.3 is 0 Å². The molecule has 0 fully saturated rings. The Bertz CT molecular complexity index is 583. The lowest BCUT2D eigenvalue weighted by Gasteiger charge is -2.11. The Kier molecular flexibility index (Phi) is 3.53. The van der Waals surface area contributed by atoms with Gasteiger partial charge in [-0.1, -0.05) is 12.1 Å². The molecule has 0 amide bonds. The zero-order valence-corrected chi connectivity index (χ0v) is 10.4. The highest BCUT2D eigenvalue weighted by molar-refractivity contribution is 5.89. The molecule has 0 bridgehead atoms. The SMILES string of the molecule is CNC(C)Cc1ccnc2c([N+](=O)[O-])cccc12. The van der Waals surface area contributed by atoms with Gasteiger partial charge < -0.3 is 5.32 Å². The van der Waals surface area contributed by atoms with E-state index in [1.54, 1.807) is 12.3 Å².